The van der Waals surface area contributed by atoms with Crippen LogP contribution in [-0.4, -0.2) is 49.9 Å². The lowest BCUT2D eigenvalue weighted by Crippen LogP contribution is -2.47. The third kappa shape index (κ3) is 3.54. The summed E-state index contributed by atoms with van der Waals surface area (Å²) in [6, 6.07) is 13.5. The summed E-state index contributed by atoms with van der Waals surface area (Å²) in [7, 11) is 0. The molecule has 7 heteroatoms. The Kier molecular flexibility index (Phi) is 4.93. The Balaban J connectivity index is 1.36. The summed E-state index contributed by atoms with van der Waals surface area (Å²) < 4.78 is 0. The smallest absolute Gasteiger partial charge is 0.254 e. The highest BCUT2D eigenvalue weighted by molar-refractivity contribution is 6.06. The topological polar surface area (TPSA) is 83.9 Å². The van der Waals surface area contributed by atoms with Crippen molar-refractivity contribution >= 4 is 33.8 Å². The summed E-state index contributed by atoms with van der Waals surface area (Å²) in [5.41, 5.74) is 2.93. The van der Waals surface area contributed by atoms with Gasteiger partial charge in [0.05, 0.1) is 17.3 Å². The van der Waals surface area contributed by atoms with Crippen molar-refractivity contribution in [1.29, 1.82) is 0 Å². The third-order valence-corrected chi connectivity index (χ3v) is 5.60. The lowest BCUT2D eigenvalue weighted by atomic mass is 9.99. The Morgan fingerprint density at radius 2 is 1.90 bits per heavy atom. The first-order valence-corrected chi connectivity index (χ1v) is 10.3. The van der Waals surface area contributed by atoms with Crippen molar-refractivity contribution < 1.29 is 4.79 Å². The number of benzene rings is 1. The highest BCUT2D eigenvalue weighted by atomic mass is 16.2. The summed E-state index contributed by atoms with van der Waals surface area (Å²) in [6.45, 7) is 1.39. The fourth-order valence-corrected chi connectivity index (χ4v) is 4.08. The second-order valence-corrected chi connectivity index (χ2v) is 7.51. The molecule has 1 N–H and O–H groups in total. The molecule has 0 unspecified atom stereocenters. The monoisotopic (exact) mass is 398 g/mol. The molecule has 30 heavy (non-hydrogen) atoms. The molecule has 3 aromatic heterocycles. The molecule has 5 rings (SSSR count). The number of amides is 1. The first-order chi connectivity index (χ1) is 14.8. The van der Waals surface area contributed by atoms with E-state index in [4.69, 9.17) is 0 Å². The summed E-state index contributed by atoms with van der Waals surface area (Å²) >= 11 is 0. The SMILES string of the molecule is O=C(c1ccnc2ccccc12)N1CCCC[C@H]1CNc1cnc2ncccc2n1. The molecule has 0 aliphatic carbocycles. The number of rotatable bonds is 4. The van der Waals surface area contributed by atoms with E-state index in [1.165, 1.54) is 0 Å². The van der Waals surface area contributed by atoms with E-state index in [0.717, 1.165) is 42.2 Å². The van der Waals surface area contributed by atoms with Gasteiger partial charge in [0, 0.05) is 36.9 Å². The van der Waals surface area contributed by atoms with E-state index in [2.05, 4.69) is 25.3 Å². The summed E-state index contributed by atoms with van der Waals surface area (Å²) in [6.07, 6.45) is 8.21. The Hall–Kier alpha value is -3.61. The molecule has 0 saturated carbocycles. The zero-order valence-electron chi connectivity index (χ0n) is 16.5. The lowest BCUT2D eigenvalue weighted by Gasteiger charge is -2.36. The van der Waals surface area contributed by atoms with Crippen LogP contribution in [0.1, 0.15) is 29.6 Å². The highest BCUT2D eigenvalue weighted by Gasteiger charge is 2.28. The van der Waals surface area contributed by atoms with Gasteiger partial charge in [0.1, 0.15) is 11.3 Å². The van der Waals surface area contributed by atoms with Crippen LogP contribution in [0.2, 0.25) is 0 Å². The number of aromatic nitrogens is 4. The van der Waals surface area contributed by atoms with Crippen LogP contribution in [0.15, 0.2) is 61.1 Å². The van der Waals surface area contributed by atoms with Gasteiger partial charge in [-0.3, -0.25) is 9.78 Å². The molecular formula is C23H22N6O. The minimum absolute atomic E-state index is 0.0638. The molecule has 7 nitrogen and oxygen atoms in total. The molecular weight excluding hydrogens is 376 g/mol. The number of hydrogen-bond donors (Lipinski definition) is 1. The van der Waals surface area contributed by atoms with Crippen molar-refractivity contribution in [2.75, 3.05) is 18.4 Å². The number of anilines is 1. The van der Waals surface area contributed by atoms with E-state index in [-0.39, 0.29) is 11.9 Å². The standard InChI is InChI=1S/C23H22N6O/c30-23(18-10-12-24-19-8-2-1-7-17(18)19)29-13-4-3-6-16(29)14-26-21-15-27-22-20(28-21)9-5-11-25-22/h1-2,5,7-12,15-16H,3-4,6,13-14H2,(H,26,28)/t16-/m0/s1. The van der Waals surface area contributed by atoms with Crippen molar-refractivity contribution in [3.8, 4) is 0 Å². The van der Waals surface area contributed by atoms with Crippen molar-refractivity contribution in [3.05, 3.63) is 66.6 Å². The van der Waals surface area contributed by atoms with Crippen molar-refractivity contribution in [1.82, 2.24) is 24.8 Å². The Bertz CT molecular complexity index is 1210. The van der Waals surface area contributed by atoms with Gasteiger partial charge in [0.2, 0.25) is 0 Å². The van der Waals surface area contributed by atoms with Gasteiger partial charge in [-0.25, -0.2) is 15.0 Å². The Morgan fingerprint density at radius 3 is 2.87 bits per heavy atom. The number of piperidine rings is 1. The van der Waals surface area contributed by atoms with Crippen LogP contribution in [0, 0.1) is 0 Å². The van der Waals surface area contributed by atoms with E-state index < -0.39 is 0 Å². The number of likely N-dealkylation sites (tertiary alicyclic amines) is 1. The molecule has 1 atom stereocenters. The second-order valence-electron chi connectivity index (χ2n) is 7.51. The maximum Gasteiger partial charge on any atom is 0.254 e. The quantitative estimate of drug-likeness (QED) is 0.565. The molecule has 1 aliphatic heterocycles. The van der Waals surface area contributed by atoms with Crippen LogP contribution in [0.5, 0.6) is 0 Å². The summed E-state index contributed by atoms with van der Waals surface area (Å²) in [5, 5.41) is 4.27. The first-order valence-electron chi connectivity index (χ1n) is 10.3. The maximum absolute atomic E-state index is 13.4. The first kappa shape index (κ1) is 18.4. The number of carbonyl (C=O) groups is 1. The van der Waals surface area contributed by atoms with Gasteiger partial charge in [-0.15, -0.1) is 0 Å². The van der Waals surface area contributed by atoms with Crippen LogP contribution in [0.25, 0.3) is 22.1 Å². The average molecular weight is 398 g/mol. The van der Waals surface area contributed by atoms with Crippen molar-refractivity contribution in [2.24, 2.45) is 0 Å². The number of carbonyl (C=O) groups excluding carboxylic acids is 1. The van der Waals surface area contributed by atoms with Crippen LogP contribution in [-0.2, 0) is 0 Å². The predicted molar refractivity (Wildman–Crippen MR) is 116 cm³/mol. The van der Waals surface area contributed by atoms with Gasteiger partial charge >= 0.3 is 0 Å². The fraction of sp³-hybridized carbons (Fsp3) is 0.261. The second kappa shape index (κ2) is 8.02. The number of pyridine rings is 2. The number of para-hydroxylation sites is 1. The van der Waals surface area contributed by atoms with Crippen LogP contribution >= 0.6 is 0 Å². The van der Waals surface area contributed by atoms with Gasteiger partial charge < -0.3 is 10.2 Å². The molecule has 0 radical (unpaired) electrons. The number of nitrogens with zero attached hydrogens (tertiary/aromatic N) is 5. The molecule has 4 heterocycles. The van der Waals surface area contributed by atoms with Crippen LogP contribution < -0.4 is 5.32 Å². The molecule has 4 aromatic rings. The summed E-state index contributed by atoms with van der Waals surface area (Å²) in [4.78, 5) is 33.0. The molecule has 0 spiro atoms. The molecule has 0 bridgehead atoms. The van der Waals surface area contributed by atoms with E-state index in [0.29, 0.717) is 23.6 Å². The zero-order valence-corrected chi connectivity index (χ0v) is 16.5. The van der Waals surface area contributed by atoms with E-state index in [1.807, 2.05) is 47.4 Å². The maximum atomic E-state index is 13.4. The van der Waals surface area contributed by atoms with Crippen molar-refractivity contribution in [3.63, 3.8) is 0 Å². The van der Waals surface area contributed by atoms with Gasteiger partial charge in [0.15, 0.2) is 5.65 Å². The van der Waals surface area contributed by atoms with Gasteiger partial charge in [-0.1, -0.05) is 18.2 Å². The Labute approximate surface area is 174 Å². The molecule has 1 amide bonds. The lowest BCUT2D eigenvalue weighted by molar-refractivity contribution is 0.0630. The largest absolute Gasteiger partial charge is 0.367 e. The Morgan fingerprint density at radius 1 is 1.00 bits per heavy atom. The molecule has 1 aromatic carbocycles. The van der Waals surface area contributed by atoms with Gasteiger partial charge in [-0.2, -0.15) is 0 Å². The van der Waals surface area contributed by atoms with E-state index >= 15 is 0 Å². The zero-order chi connectivity index (χ0) is 20.3. The van der Waals surface area contributed by atoms with E-state index in [1.54, 1.807) is 18.6 Å². The highest BCUT2D eigenvalue weighted by Crippen LogP contribution is 2.24. The normalized spacial score (nSPS) is 16.7. The van der Waals surface area contributed by atoms with Crippen molar-refractivity contribution in [2.45, 2.75) is 25.3 Å². The number of nitrogens with one attached hydrogen (secondary N) is 1. The number of hydrogen-bond acceptors (Lipinski definition) is 6. The predicted octanol–water partition coefficient (Wildman–Crippen LogP) is 3.68. The average Bonchev–Trinajstić information content (AvgIpc) is 2.82. The molecule has 1 fully saturated rings. The third-order valence-electron chi connectivity index (χ3n) is 5.60. The minimum atomic E-state index is 0.0638. The van der Waals surface area contributed by atoms with Crippen LogP contribution in [0.3, 0.4) is 0 Å². The van der Waals surface area contributed by atoms with Gasteiger partial charge in [0.25, 0.3) is 5.91 Å². The summed E-state index contributed by atoms with van der Waals surface area (Å²) in [5.74, 6) is 0.761. The molecule has 1 aliphatic rings. The molecule has 150 valence electrons. The minimum Gasteiger partial charge on any atom is -0.367 e. The van der Waals surface area contributed by atoms with Crippen LogP contribution in [0.4, 0.5) is 5.82 Å². The fourth-order valence-electron chi connectivity index (χ4n) is 4.08. The van der Waals surface area contributed by atoms with E-state index in [9.17, 15) is 4.79 Å². The number of fused-ring (bicyclic) bond motifs is 2. The van der Waals surface area contributed by atoms with Gasteiger partial charge in [-0.05, 0) is 43.5 Å². The molecule has 1 saturated heterocycles.